The van der Waals surface area contributed by atoms with E-state index in [9.17, 15) is 39.9 Å². The predicted molar refractivity (Wildman–Crippen MR) is 80.4 cm³/mol. The number of aldehydes is 1. The normalized spacial score (nSPS) is 12.6. The number of hydrogen-bond acceptors (Lipinski definition) is 3. The van der Waals surface area contributed by atoms with Gasteiger partial charge in [0.2, 0.25) is 0 Å². The zero-order valence-corrected chi connectivity index (χ0v) is 13.6. The SMILES string of the molecule is O=Cc1ccc(-c2ccc(OCC(F)(F)C(F)(F)F)c(OC(F)(F)F)c2)cc1. The number of halogens is 8. The van der Waals surface area contributed by atoms with E-state index in [-0.39, 0.29) is 5.56 Å². The minimum absolute atomic E-state index is 0.117. The van der Waals surface area contributed by atoms with Gasteiger partial charge in [0.25, 0.3) is 0 Å². The van der Waals surface area contributed by atoms with E-state index in [0.29, 0.717) is 17.4 Å². The molecule has 0 heterocycles. The standard InChI is InChI=1S/C17H10F8O3/c18-15(19,16(20,21)22)9-27-13-6-5-12(7-14(13)28-17(23,24)25)11-3-1-10(8-26)2-4-11/h1-8H,9H2. The van der Waals surface area contributed by atoms with E-state index in [4.69, 9.17) is 0 Å². The molecule has 3 nitrogen and oxygen atoms in total. The van der Waals surface area contributed by atoms with Gasteiger partial charge in [0.15, 0.2) is 18.1 Å². The van der Waals surface area contributed by atoms with Crippen LogP contribution in [0.3, 0.4) is 0 Å². The van der Waals surface area contributed by atoms with Crippen molar-refractivity contribution in [3.05, 3.63) is 48.0 Å². The van der Waals surface area contributed by atoms with Gasteiger partial charge in [-0.2, -0.15) is 22.0 Å². The van der Waals surface area contributed by atoms with Crippen LogP contribution in [-0.4, -0.2) is 31.4 Å². The lowest BCUT2D eigenvalue weighted by Gasteiger charge is -2.21. The van der Waals surface area contributed by atoms with Gasteiger partial charge in [-0.1, -0.05) is 30.3 Å². The highest BCUT2D eigenvalue weighted by Crippen LogP contribution is 2.39. The molecule has 0 aliphatic carbocycles. The van der Waals surface area contributed by atoms with E-state index in [1.807, 2.05) is 0 Å². The molecule has 0 radical (unpaired) electrons. The van der Waals surface area contributed by atoms with Crippen LogP contribution in [0.4, 0.5) is 35.1 Å². The molecule has 0 bridgehead atoms. The predicted octanol–water partition coefficient (Wildman–Crippen LogP) is 5.64. The summed E-state index contributed by atoms with van der Waals surface area (Å²) in [5.41, 5.74) is 0.751. The van der Waals surface area contributed by atoms with Gasteiger partial charge in [-0.25, -0.2) is 0 Å². The average molecular weight is 414 g/mol. The number of ether oxygens (including phenoxy) is 2. The fourth-order valence-corrected chi connectivity index (χ4v) is 2.02. The van der Waals surface area contributed by atoms with Crippen LogP contribution in [0, 0.1) is 0 Å². The third-order valence-corrected chi connectivity index (χ3v) is 3.37. The van der Waals surface area contributed by atoms with Crippen molar-refractivity contribution >= 4 is 6.29 Å². The maximum atomic E-state index is 13.0. The lowest BCUT2D eigenvalue weighted by Crippen LogP contribution is -2.41. The molecule has 2 aromatic rings. The molecule has 0 fully saturated rings. The second-order valence-corrected chi connectivity index (χ2v) is 5.44. The highest BCUT2D eigenvalue weighted by molar-refractivity contribution is 5.77. The Labute approximate surface area is 152 Å². The first-order valence-corrected chi connectivity index (χ1v) is 7.35. The van der Waals surface area contributed by atoms with E-state index < -0.39 is 36.6 Å². The van der Waals surface area contributed by atoms with Crippen molar-refractivity contribution in [2.75, 3.05) is 6.61 Å². The Balaban J connectivity index is 2.35. The summed E-state index contributed by atoms with van der Waals surface area (Å²) in [5.74, 6) is -7.32. The maximum Gasteiger partial charge on any atom is 0.573 e. The first-order valence-electron chi connectivity index (χ1n) is 7.35. The molecule has 2 aromatic carbocycles. The van der Waals surface area contributed by atoms with Gasteiger partial charge in [0.05, 0.1) is 0 Å². The van der Waals surface area contributed by atoms with Gasteiger partial charge in [-0.15, -0.1) is 13.2 Å². The number of alkyl halides is 8. The van der Waals surface area contributed by atoms with E-state index >= 15 is 0 Å². The Bertz CT molecular complexity index is 826. The summed E-state index contributed by atoms with van der Waals surface area (Å²) < 4.78 is 108. The maximum absolute atomic E-state index is 13.0. The fourth-order valence-electron chi connectivity index (χ4n) is 2.02. The summed E-state index contributed by atoms with van der Waals surface area (Å²) in [6, 6.07) is 8.23. The van der Waals surface area contributed by atoms with Crippen LogP contribution in [0.2, 0.25) is 0 Å². The van der Waals surface area contributed by atoms with Gasteiger partial charge in [0, 0.05) is 5.56 Å². The molecule has 2 rings (SSSR count). The summed E-state index contributed by atoms with van der Waals surface area (Å²) in [4.78, 5) is 10.6. The van der Waals surface area contributed by atoms with Gasteiger partial charge in [-0.05, 0) is 23.3 Å². The Hall–Kier alpha value is -2.85. The van der Waals surface area contributed by atoms with Gasteiger partial charge in [-0.3, -0.25) is 4.79 Å². The zero-order chi connectivity index (χ0) is 21.2. The Kier molecular flexibility index (Phi) is 5.86. The van der Waals surface area contributed by atoms with Gasteiger partial charge < -0.3 is 9.47 Å². The first-order chi connectivity index (χ1) is 12.8. The second kappa shape index (κ2) is 7.64. The molecule has 0 saturated heterocycles. The molecular formula is C17H10F8O3. The molecule has 0 spiro atoms. The summed E-state index contributed by atoms with van der Waals surface area (Å²) in [7, 11) is 0. The number of benzene rings is 2. The molecule has 0 aliphatic heterocycles. The van der Waals surface area contributed by atoms with E-state index in [1.54, 1.807) is 0 Å². The van der Waals surface area contributed by atoms with Crippen LogP contribution in [0.25, 0.3) is 11.1 Å². The van der Waals surface area contributed by atoms with Crippen molar-refractivity contribution in [2.24, 2.45) is 0 Å². The second-order valence-electron chi connectivity index (χ2n) is 5.44. The average Bonchev–Trinajstić information content (AvgIpc) is 2.58. The molecule has 28 heavy (non-hydrogen) atoms. The monoisotopic (exact) mass is 414 g/mol. The zero-order valence-electron chi connectivity index (χ0n) is 13.6. The van der Waals surface area contributed by atoms with Crippen molar-refractivity contribution in [1.29, 1.82) is 0 Å². The first kappa shape index (κ1) is 21.5. The van der Waals surface area contributed by atoms with Crippen molar-refractivity contribution < 1.29 is 49.4 Å². The van der Waals surface area contributed by atoms with Crippen molar-refractivity contribution in [2.45, 2.75) is 18.5 Å². The van der Waals surface area contributed by atoms with Crippen molar-refractivity contribution in [3.63, 3.8) is 0 Å². The molecule has 0 amide bonds. The largest absolute Gasteiger partial charge is 0.573 e. The lowest BCUT2D eigenvalue weighted by atomic mass is 10.0. The summed E-state index contributed by atoms with van der Waals surface area (Å²) in [5, 5.41) is 0. The highest BCUT2D eigenvalue weighted by Gasteiger charge is 2.58. The smallest absolute Gasteiger partial charge is 0.483 e. The van der Waals surface area contributed by atoms with E-state index in [2.05, 4.69) is 9.47 Å². The van der Waals surface area contributed by atoms with Crippen molar-refractivity contribution in [3.8, 4) is 22.6 Å². The molecule has 0 unspecified atom stereocenters. The van der Waals surface area contributed by atoms with Gasteiger partial charge in [0.1, 0.15) is 6.29 Å². The molecule has 0 saturated carbocycles. The summed E-state index contributed by atoms with van der Waals surface area (Å²) >= 11 is 0. The van der Waals surface area contributed by atoms with Crippen LogP contribution in [0.1, 0.15) is 10.4 Å². The van der Waals surface area contributed by atoms with Crippen LogP contribution in [0.15, 0.2) is 42.5 Å². The molecule has 11 heteroatoms. The van der Waals surface area contributed by atoms with Crippen LogP contribution in [-0.2, 0) is 0 Å². The molecular weight excluding hydrogens is 404 g/mol. The fraction of sp³-hybridized carbons (Fsp3) is 0.235. The quantitative estimate of drug-likeness (QED) is 0.453. The molecule has 152 valence electrons. The summed E-state index contributed by atoms with van der Waals surface area (Å²) in [6.07, 6.45) is -10.6. The molecule has 0 N–H and O–H groups in total. The molecule has 0 aliphatic rings. The third kappa shape index (κ3) is 5.33. The lowest BCUT2D eigenvalue weighted by molar-refractivity contribution is -0.291. The number of rotatable bonds is 6. The highest BCUT2D eigenvalue weighted by atomic mass is 19.4. The molecule has 0 aromatic heterocycles. The Morgan fingerprint density at radius 1 is 0.786 bits per heavy atom. The van der Waals surface area contributed by atoms with Crippen LogP contribution in [0.5, 0.6) is 11.5 Å². The van der Waals surface area contributed by atoms with E-state index in [1.165, 1.54) is 24.3 Å². The topological polar surface area (TPSA) is 35.5 Å². The number of hydrogen-bond donors (Lipinski definition) is 0. The number of carbonyl (C=O) groups excluding carboxylic acids is 1. The van der Waals surface area contributed by atoms with Crippen LogP contribution >= 0.6 is 0 Å². The Morgan fingerprint density at radius 3 is 1.86 bits per heavy atom. The van der Waals surface area contributed by atoms with Crippen LogP contribution < -0.4 is 9.47 Å². The minimum atomic E-state index is -5.93. The number of carbonyl (C=O) groups is 1. The molecule has 0 atom stereocenters. The van der Waals surface area contributed by atoms with Crippen molar-refractivity contribution in [1.82, 2.24) is 0 Å². The minimum Gasteiger partial charge on any atom is -0.483 e. The third-order valence-electron chi connectivity index (χ3n) is 3.37. The van der Waals surface area contributed by atoms with Gasteiger partial charge >= 0.3 is 18.5 Å². The Morgan fingerprint density at radius 2 is 1.36 bits per heavy atom. The van der Waals surface area contributed by atoms with E-state index in [0.717, 1.165) is 18.2 Å². The summed E-state index contributed by atoms with van der Waals surface area (Å²) in [6.45, 7) is -2.22.